The average Bonchev–Trinajstić information content (AvgIpc) is 2.44. The first-order chi connectivity index (χ1) is 9.22. The van der Waals surface area contributed by atoms with Gasteiger partial charge < -0.3 is 5.32 Å². The SMILES string of the molecule is CCCNC(c1ccncn1)c1cc(F)ccc1F. The molecule has 0 spiro atoms. The summed E-state index contributed by atoms with van der Waals surface area (Å²) in [5.74, 6) is -0.914. The van der Waals surface area contributed by atoms with Crippen molar-refractivity contribution in [3.05, 3.63) is 59.7 Å². The van der Waals surface area contributed by atoms with Gasteiger partial charge in [0.1, 0.15) is 18.0 Å². The van der Waals surface area contributed by atoms with Crippen molar-refractivity contribution in [2.45, 2.75) is 19.4 Å². The second-order valence-electron chi connectivity index (χ2n) is 4.19. The van der Waals surface area contributed by atoms with Crippen LogP contribution in [0.5, 0.6) is 0 Å². The number of benzene rings is 1. The fraction of sp³-hybridized carbons (Fsp3) is 0.286. The van der Waals surface area contributed by atoms with Crippen LogP contribution >= 0.6 is 0 Å². The highest BCUT2D eigenvalue weighted by Gasteiger charge is 2.19. The van der Waals surface area contributed by atoms with Crippen LogP contribution in [0.2, 0.25) is 0 Å². The summed E-state index contributed by atoms with van der Waals surface area (Å²) in [6, 6.07) is 4.66. The lowest BCUT2D eigenvalue weighted by molar-refractivity contribution is 0.528. The van der Waals surface area contributed by atoms with Crippen molar-refractivity contribution in [2.75, 3.05) is 6.54 Å². The first-order valence-electron chi connectivity index (χ1n) is 6.16. The highest BCUT2D eigenvalue weighted by atomic mass is 19.1. The molecule has 5 heteroatoms. The molecule has 0 aliphatic carbocycles. The van der Waals surface area contributed by atoms with Crippen molar-refractivity contribution in [1.29, 1.82) is 0 Å². The van der Waals surface area contributed by atoms with Gasteiger partial charge in [-0.05, 0) is 37.2 Å². The quantitative estimate of drug-likeness (QED) is 0.901. The Morgan fingerprint density at radius 2 is 2.11 bits per heavy atom. The highest BCUT2D eigenvalue weighted by Crippen LogP contribution is 2.23. The molecule has 1 heterocycles. The van der Waals surface area contributed by atoms with E-state index in [9.17, 15) is 8.78 Å². The first kappa shape index (κ1) is 13.5. The van der Waals surface area contributed by atoms with Crippen LogP contribution in [0, 0.1) is 11.6 Å². The molecule has 0 aliphatic heterocycles. The summed E-state index contributed by atoms with van der Waals surface area (Å²) < 4.78 is 27.2. The van der Waals surface area contributed by atoms with Crippen LogP contribution < -0.4 is 5.32 Å². The lowest BCUT2D eigenvalue weighted by Gasteiger charge is -2.19. The van der Waals surface area contributed by atoms with E-state index in [4.69, 9.17) is 0 Å². The predicted molar refractivity (Wildman–Crippen MR) is 68.5 cm³/mol. The lowest BCUT2D eigenvalue weighted by atomic mass is 10.0. The molecule has 100 valence electrons. The molecule has 1 unspecified atom stereocenters. The van der Waals surface area contributed by atoms with Crippen molar-refractivity contribution in [3.63, 3.8) is 0 Å². The summed E-state index contributed by atoms with van der Waals surface area (Å²) in [6.07, 6.45) is 3.87. The van der Waals surface area contributed by atoms with Crippen molar-refractivity contribution in [2.24, 2.45) is 0 Å². The summed E-state index contributed by atoms with van der Waals surface area (Å²) >= 11 is 0. The van der Waals surface area contributed by atoms with E-state index < -0.39 is 17.7 Å². The van der Waals surface area contributed by atoms with Crippen LogP contribution in [-0.4, -0.2) is 16.5 Å². The van der Waals surface area contributed by atoms with Crippen molar-refractivity contribution in [3.8, 4) is 0 Å². The molecule has 0 aliphatic rings. The maximum absolute atomic E-state index is 13.9. The Morgan fingerprint density at radius 1 is 1.26 bits per heavy atom. The molecule has 2 rings (SSSR count). The van der Waals surface area contributed by atoms with Crippen LogP contribution in [0.15, 0.2) is 36.8 Å². The number of halogens is 2. The van der Waals surface area contributed by atoms with Gasteiger partial charge in [-0.15, -0.1) is 0 Å². The van der Waals surface area contributed by atoms with Crippen LogP contribution in [0.3, 0.4) is 0 Å². The molecular weight excluding hydrogens is 248 g/mol. The largest absolute Gasteiger partial charge is 0.305 e. The molecule has 1 aromatic carbocycles. The monoisotopic (exact) mass is 263 g/mol. The van der Waals surface area contributed by atoms with Crippen LogP contribution in [0.25, 0.3) is 0 Å². The molecule has 0 saturated carbocycles. The molecular formula is C14H15F2N3. The predicted octanol–water partition coefficient (Wildman–Crippen LogP) is 2.84. The molecule has 3 nitrogen and oxygen atoms in total. The zero-order valence-electron chi connectivity index (χ0n) is 10.6. The van der Waals surface area contributed by atoms with Crippen LogP contribution in [0.1, 0.15) is 30.6 Å². The molecule has 0 fully saturated rings. The minimum Gasteiger partial charge on any atom is -0.305 e. The molecule has 2 aromatic rings. The van der Waals surface area contributed by atoms with Gasteiger partial charge in [-0.3, -0.25) is 0 Å². The minimum absolute atomic E-state index is 0.257. The second-order valence-corrected chi connectivity index (χ2v) is 4.19. The van der Waals surface area contributed by atoms with Gasteiger partial charge in [-0.2, -0.15) is 0 Å². The lowest BCUT2D eigenvalue weighted by Crippen LogP contribution is -2.25. The van der Waals surface area contributed by atoms with E-state index in [1.165, 1.54) is 12.4 Å². The van der Waals surface area contributed by atoms with Gasteiger partial charge in [0, 0.05) is 11.8 Å². The van der Waals surface area contributed by atoms with Gasteiger partial charge in [-0.1, -0.05) is 6.92 Å². The summed E-state index contributed by atoms with van der Waals surface area (Å²) in [7, 11) is 0. The number of hydrogen-bond acceptors (Lipinski definition) is 3. The van der Waals surface area contributed by atoms with E-state index in [1.807, 2.05) is 6.92 Å². The van der Waals surface area contributed by atoms with Crippen molar-refractivity contribution in [1.82, 2.24) is 15.3 Å². The Labute approximate surface area is 110 Å². The highest BCUT2D eigenvalue weighted by molar-refractivity contribution is 5.29. The van der Waals surface area contributed by atoms with Gasteiger partial charge in [0.2, 0.25) is 0 Å². The number of hydrogen-bond donors (Lipinski definition) is 1. The molecule has 1 aromatic heterocycles. The number of nitrogens with zero attached hydrogens (tertiary/aromatic N) is 2. The van der Waals surface area contributed by atoms with E-state index in [0.29, 0.717) is 12.2 Å². The molecule has 1 N–H and O–H groups in total. The summed E-state index contributed by atoms with van der Waals surface area (Å²) in [4.78, 5) is 7.95. The van der Waals surface area contributed by atoms with Crippen LogP contribution in [-0.2, 0) is 0 Å². The Kier molecular flexibility index (Phi) is 4.52. The maximum Gasteiger partial charge on any atom is 0.128 e. The van der Waals surface area contributed by atoms with Crippen molar-refractivity contribution >= 4 is 0 Å². The third-order valence-electron chi connectivity index (χ3n) is 2.77. The number of nitrogens with one attached hydrogen (secondary N) is 1. The zero-order valence-corrected chi connectivity index (χ0v) is 10.6. The zero-order chi connectivity index (χ0) is 13.7. The van der Waals surface area contributed by atoms with Gasteiger partial charge in [0.15, 0.2) is 0 Å². The van der Waals surface area contributed by atoms with E-state index in [2.05, 4.69) is 15.3 Å². The molecule has 19 heavy (non-hydrogen) atoms. The fourth-order valence-electron chi connectivity index (χ4n) is 1.87. The standard InChI is InChI=1S/C14H15F2N3/c1-2-6-18-14(13-5-7-17-9-19-13)11-8-10(15)3-4-12(11)16/h3-5,7-9,14,18H,2,6H2,1H3. The van der Waals surface area contributed by atoms with Gasteiger partial charge in [0.05, 0.1) is 11.7 Å². The van der Waals surface area contributed by atoms with Gasteiger partial charge >= 0.3 is 0 Å². The molecule has 1 atom stereocenters. The fourth-order valence-corrected chi connectivity index (χ4v) is 1.87. The minimum atomic E-state index is -0.473. The summed E-state index contributed by atoms with van der Waals surface area (Å²) in [6.45, 7) is 2.69. The van der Waals surface area contributed by atoms with E-state index >= 15 is 0 Å². The summed E-state index contributed by atoms with van der Waals surface area (Å²) in [5, 5.41) is 3.17. The van der Waals surface area contributed by atoms with Gasteiger partial charge in [0.25, 0.3) is 0 Å². The Hall–Kier alpha value is -1.88. The van der Waals surface area contributed by atoms with Gasteiger partial charge in [-0.25, -0.2) is 18.7 Å². The normalized spacial score (nSPS) is 12.4. The van der Waals surface area contributed by atoms with Crippen molar-refractivity contribution < 1.29 is 8.78 Å². The van der Waals surface area contributed by atoms with E-state index in [0.717, 1.165) is 18.6 Å². The Balaban J connectivity index is 2.40. The summed E-state index contributed by atoms with van der Waals surface area (Å²) in [5.41, 5.74) is 0.875. The van der Waals surface area contributed by atoms with E-state index in [-0.39, 0.29) is 5.56 Å². The first-order valence-corrected chi connectivity index (χ1v) is 6.16. The maximum atomic E-state index is 13.9. The average molecular weight is 263 g/mol. The third-order valence-corrected chi connectivity index (χ3v) is 2.77. The number of rotatable bonds is 5. The molecule has 0 radical (unpaired) electrons. The number of aromatic nitrogens is 2. The topological polar surface area (TPSA) is 37.8 Å². The Morgan fingerprint density at radius 3 is 2.79 bits per heavy atom. The van der Waals surface area contributed by atoms with E-state index in [1.54, 1.807) is 12.3 Å². The Bertz CT molecular complexity index is 531. The molecule has 0 amide bonds. The smallest absolute Gasteiger partial charge is 0.128 e. The van der Waals surface area contributed by atoms with Crippen LogP contribution in [0.4, 0.5) is 8.78 Å². The molecule has 0 saturated heterocycles. The second kappa shape index (κ2) is 6.33. The molecule has 0 bridgehead atoms. The third kappa shape index (κ3) is 3.32.